The van der Waals surface area contributed by atoms with E-state index in [4.69, 9.17) is 11.6 Å². The summed E-state index contributed by atoms with van der Waals surface area (Å²) < 4.78 is 0. The molecule has 1 aliphatic heterocycles. The van der Waals surface area contributed by atoms with Crippen molar-refractivity contribution in [3.05, 3.63) is 29.0 Å². The Morgan fingerprint density at radius 2 is 2.17 bits per heavy atom. The number of carbonyl (C=O) groups excluding carboxylic acids is 1. The molecular formula is C13H18ClN3O. The second-order valence-corrected chi connectivity index (χ2v) is 5.45. The Morgan fingerprint density at radius 3 is 2.72 bits per heavy atom. The second kappa shape index (κ2) is 5.24. The van der Waals surface area contributed by atoms with Gasteiger partial charge in [0, 0.05) is 19.1 Å². The highest BCUT2D eigenvalue weighted by molar-refractivity contribution is 6.29. The van der Waals surface area contributed by atoms with E-state index in [1.54, 1.807) is 18.2 Å². The van der Waals surface area contributed by atoms with Gasteiger partial charge in [-0.3, -0.25) is 4.79 Å². The molecule has 0 N–H and O–H groups in total. The zero-order valence-corrected chi connectivity index (χ0v) is 11.7. The molecule has 2 unspecified atom stereocenters. The van der Waals surface area contributed by atoms with E-state index in [0.717, 1.165) is 13.1 Å². The lowest BCUT2D eigenvalue weighted by Gasteiger charge is -2.22. The van der Waals surface area contributed by atoms with Gasteiger partial charge in [0.15, 0.2) is 0 Å². The fraction of sp³-hybridized carbons (Fsp3) is 0.538. The molecule has 1 fully saturated rings. The van der Waals surface area contributed by atoms with Crippen molar-refractivity contribution in [2.75, 3.05) is 27.2 Å². The van der Waals surface area contributed by atoms with Crippen LogP contribution in [0.1, 0.15) is 17.4 Å². The maximum absolute atomic E-state index is 12.3. The predicted molar refractivity (Wildman–Crippen MR) is 71.8 cm³/mol. The molecule has 1 aliphatic rings. The molecule has 1 amide bonds. The van der Waals surface area contributed by atoms with Gasteiger partial charge in [-0.15, -0.1) is 0 Å². The van der Waals surface area contributed by atoms with Crippen LogP contribution in [0.4, 0.5) is 0 Å². The van der Waals surface area contributed by atoms with E-state index in [0.29, 0.717) is 22.8 Å². The molecule has 5 heteroatoms. The van der Waals surface area contributed by atoms with Crippen molar-refractivity contribution in [2.45, 2.75) is 13.0 Å². The molecule has 98 valence electrons. The zero-order chi connectivity index (χ0) is 13.3. The number of hydrogen-bond acceptors (Lipinski definition) is 3. The Balaban J connectivity index is 2.12. The minimum Gasteiger partial charge on any atom is -0.335 e. The standard InChI is InChI=1S/C13H18ClN3O/c1-9-7-17(8-11(9)16(2)3)13(18)10-5-4-6-12(14)15-10/h4-6,9,11H,7-8H2,1-3H3. The van der Waals surface area contributed by atoms with Crippen LogP contribution in [0.3, 0.4) is 0 Å². The normalized spacial score (nSPS) is 23.7. The highest BCUT2D eigenvalue weighted by atomic mass is 35.5. The quantitative estimate of drug-likeness (QED) is 0.766. The molecular weight excluding hydrogens is 250 g/mol. The lowest BCUT2D eigenvalue weighted by atomic mass is 10.1. The van der Waals surface area contributed by atoms with Gasteiger partial charge in [-0.1, -0.05) is 24.6 Å². The van der Waals surface area contributed by atoms with Crippen LogP contribution in [0.2, 0.25) is 5.15 Å². The van der Waals surface area contributed by atoms with Crippen LogP contribution in [0, 0.1) is 5.92 Å². The molecule has 2 atom stereocenters. The minimum absolute atomic E-state index is 0.0336. The smallest absolute Gasteiger partial charge is 0.272 e. The average Bonchev–Trinajstić information content (AvgIpc) is 2.70. The Labute approximate surface area is 113 Å². The van der Waals surface area contributed by atoms with Crippen molar-refractivity contribution in [1.82, 2.24) is 14.8 Å². The maximum Gasteiger partial charge on any atom is 0.272 e. The van der Waals surface area contributed by atoms with Crippen LogP contribution in [0.25, 0.3) is 0 Å². The summed E-state index contributed by atoms with van der Waals surface area (Å²) in [4.78, 5) is 20.4. The van der Waals surface area contributed by atoms with Gasteiger partial charge in [-0.2, -0.15) is 0 Å². The second-order valence-electron chi connectivity index (χ2n) is 5.06. The summed E-state index contributed by atoms with van der Waals surface area (Å²) in [7, 11) is 4.10. The maximum atomic E-state index is 12.3. The van der Waals surface area contributed by atoms with Gasteiger partial charge in [-0.05, 0) is 32.1 Å². The highest BCUT2D eigenvalue weighted by Crippen LogP contribution is 2.21. The molecule has 0 spiro atoms. The molecule has 4 nitrogen and oxygen atoms in total. The van der Waals surface area contributed by atoms with E-state index in [9.17, 15) is 4.79 Å². The Kier molecular flexibility index (Phi) is 3.88. The average molecular weight is 268 g/mol. The van der Waals surface area contributed by atoms with Gasteiger partial charge in [-0.25, -0.2) is 4.98 Å². The highest BCUT2D eigenvalue weighted by Gasteiger charge is 2.34. The van der Waals surface area contributed by atoms with Crippen molar-refractivity contribution in [1.29, 1.82) is 0 Å². The minimum atomic E-state index is -0.0336. The third-order valence-corrected chi connectivity index (χ3v) is 3.67. The van der Waals surface area contributed by atoms with Gasteiger partial charge >= 0.3 is 0 Å². The lowest BCUT2D eigenvalue weighted by Crippen LogP contribution is -2.36. The van der Waals surface area contributed by atoms with E-state index in [2.05, 4.69) is 16.8 Å². The number of aromatic nitrogens is 1. The lowest BCUT2D eigenvalue weighted by molar-refractivity contribution is 0.0775. The number of pyridine rings is 1. The van der Waals surface area contributed by atoms with Gasteiger partial charge < -0.3 is 9.80 Å². The summed E-state index contributed by atoms with van der Waals surface area (Å²) in [6, 6.07) is 5.55. The van der Waals surface area contributed by atoms with Crippen LogP contribution in [-0.4, -0.2) is 53.9 Å². The molecule has 1 saturated heterocycles. The van der Waals surface area contributed by atoms with Gasteiger partial charge in [0.05, 0.1) is 0 Å². The number of hydrogen-bond donors (Lipinski definition) is 0. The SMILES string of the molecule is CC1CN(C(=O)c2cccc(Cl)n2)CC1N(C)C. The Morgan fingerprint density at radius 1 is 1.44 bits per heavy atom. The summed E-state index contributed by atoms with van der Waals surface area (Å²) in [6.45, 7) is 3.69. The summed E-state index contributed by atoms with van der Waals surface area (Å²) in [5, 5.41) is 0.359. The van der Waals surface area contributed by atoms with Gasteiger partial charge in [0.2, 0.25) is 0 Å². The summed E-state index contributed by atoms with van der Waals surface area (Å²) in [5.74, 6) is 0.442. The first kappa shape index (κ1) is 13.3. The summed E-state index contributed by atoms with van der Waals surface area (Å²) in [6.07, 6.45) is 0. The molecule has 0 saturated carbocycles. The molecule has 2 rings (SSSR count). The molecule has 1 aromatic heterocycles. The van der Waals surface area contributed by atoms with Crippen LogP contribution in [-0.2, 0) is 0 Å². The third-order valence-electron chi connectivity index (χ3n) is 3.46. The third kappa shape index (κ3) is 2.65. The number of amides is 1. The Hall–Kier alpha value is -1.13. The number of likely N-dealkylation sites (N-methyl/N-ethyl adjacent to an activating group) is 1. The molecule has 2 heterocycles. The zero-order valence-electron chi connectivity index (χ0n) is 10.9. The first-order chi connectivity index (χ1) is 8.49. The summed E-state index contributed by atoms with van der Waals surface area (Å²) >= 11 is 5.81. The molecule has 0 aromatic carbocycles. The number of rotatable bonds is 2. The molecule has 0 radical (unpaired) electrons. The topological polar surface area (TPSA) is 36.4 Å². The van der Waals surface area contributed by atoms with Crippen LogP contribution in [0.15, 0.2) is 18.2 Å². The van der Waals surface area contributed by atoms with Crippen molar-refractivity contribution in [3.63, 3.8) is 0 Å². The monoisotopic (exact) mass is 267 g/mol. The first-order valence-electron chi connectivity index (χ1n) is 6.07. The number of likely N-dealkylation sites (tertiary alicyclic amines) is 1. The molecule has 0 aliphatic carbocycles. The van der Waals surface area contributed by atoms with Crippen LogP contribution >= 0.6 is 11.6 Å². The van der Waals surface area contributed by atoms with Gasteiger partial charge in [0.25, 0.3) is 5.91 Å². The number of nitrogens with zero attached hydrogens (tertiary/aromatic N) is 3. The first-order valence-corrected chi connectivity index (χ1v) is 6.45. The van der Waals surface area contributed by atoms with E-state index >= 15 is 0 Å². The molecule has 1 aromatic rings. The van der Waals surface area contributed by atoms with Crippen LogP contribution in [0.5, 0.6) is 0 Å². The Bertz CT molecular complexity index is 450. The van der Waals surface area contributed by atoms with E-state index in [1.807, 2.05) is 19.0 Å². The van der Waals surface area contributed by atoms with Crippen molar-refractivity contribution >= 4 is 17.5 Å². The van der Waals surface area contributed by atoms with E-state index in [-0.39, 0.29) is 5.91 Å². The van der Waals surface area contributed by atoms with E-state index < -0.39 is 0 Å². The van der Waals surface area contributed by atoms with Crippen molar-refractivity contribution < 1.29 is 4.79 Å². The summed E-state index contributed by atoms with van der Waals surface area (Å²) in [5.41, 5.74) is 0.425. The number of carbonyl (C=O) groups is 1. The van der Waals surface area contributed by atoms with Crippen LogP contribution < -0.4 is 0 Å². The fourth-order valence-electron chi connectivity index (χ4n) is 2.48. The van der Waals surface area contributed by atoms with Crippen molar-refractivity contribution in [3.8, 4) is 0 Å². The van der Waals surface area contributed by atoms with E-state index in [1.165, 1.54) is 0 Å². The fourth-order valence-corrected chi connectivity index (χ4v) is 2.64. The van der Waals surface area contributed by atoms with Crippen molar-refractivity contribution in [2.24, 2.45) is 5.92 Å². The molecule has 0 bridgehead atoms. The largest absolute Gasteiger partial charge is 0.335 e. The number of halogens is 1. The predicted octanol–water partition coefficient (Wildman–Crippen LogP) is 1.76. The van der Waals surface area contributed by atoms with Gasteiger partial charge in [0.1, 0.15) is 10.8 Å². The molecule has 18 heavy (non-hydrogen) atoms.